The highest BCUT2D eigenvalue weighted by molar-refractivity contribution is 7.99. The molecule has 0 amide bonds. The second-order valence-corrected chi connectivity index (χ2v) is 5.13. The van der Waals surface area contributed by atoms with Gasteiger partial charge >= 0.3 is 0 Å². The Balaban J connectivity index is 2.28. The van der Waals surface area contributed by atoms with Gasteiger partial charge in [0.15, 0.2) is 0 Å². The number of anilines is 1. The molecule has 1 unspecified atom stereocenters. The van der Waals surface area contributed by atoms with Crippen molar-refractivity contribution in [3.8, 4) is 0 Å². The number of hydrogen-bond donors (Lipinski definition) is 1. The van der Waals surface area contributed by atoms with Crippen molar-refractivity contribution < 1.29 is 0 Å². The highest BCUT2D eigenvalue weighted by Gasteiger charge is 1.99. The first kappa shape index (κ1) is 11.4. The molecule has 14 heavy (non-hydrogen) atoms. The van der Waals surface area contributed by atoms with E-state index in [-0.39, 0.29) is 0 Å². The summed E-state index contributed by atoms with van der Waals surface area (Å²) in [4.78, 5) is 0. The van der Waals surface area contributed by atoms with E-state index in [1.54, 1.807) is 0 Å². The molecule has 1 rings (SSSR count). The van der Waals surface area contributed by atoms with Gasteiger partial charge in [-0.3, -0.25) is 0 Å². The van der Waals surface area contributed by atoms with Gasteiger partial charge in [-0.25, -0.2) is 0 Å². The lowest BCUT2D eigenvalue weighted by Gasteiger charge is -2.07. The largest absolute Gasteiger partial charge is 0.399 e. The molecule has 0 saturated carbocycles. The molecule has 2 N–H and O–H groups in total. The number of thioether (sulfide) groups is 1. The molecule has 0 fully saturated rings. The second kappa shape index (κ2) is 5.97. The van der Waals surface area contributed by atoms with Crippen molar-refractivity contribution in [1.29, 1.82) is 0 Å². The topological polar surface area (TPSA) is 26.0 Å². The van der Waals surface area contributed by atoms with Crippen LogP contribution >= 0.6 is 11.8 Å². The van der Waals surface area contributed by atoms with E-state index in [1.165, 1.54) is 17.7 Å². The highest BCUT2D eigenvalue weighted by Crippen LogP contribution is 2.15. The fourth-order valence-electron chi connectivity index (χ4n) is 1.18. The maximum atomic E-state index is 5.62. The normalized spacial score (nSPS) is 12.7. The van der Waals surface area contributed by atoms with Gasteiger partial charge < -0.3 is 5.73 Å². The molecule has 0 bridgehead atoms. The third kappa shape index (κ3) is 4.05. The van der Waals surface area contributed by atoms with Gasteiger partial charge in [-0.15, -0.1) is 0 Å². The zero-order valence-corrected chi connectivity index (χ0v) is 9.81. The van der Waals surface area contributed by atoms with Crippen molar-refractivity contribution in [3.05, 3.63) is 29.8 Å². The standard InChI is InChI=1S/C12H19NS/c1-3-10(2)14-9-8-11-4-6-12(13)7-5-11/h4-7,10H,3,8-9,13H2,1-2H3. The summed E-state index contributed by atoms with van der Waals surface area (Å²) in [6, 6.07) is 8.19. The first-order valence-electron chi connectivity index (χ1n) is 5.18. The van der Waals surface area contributed by atoms with Crippen LogP contribution in [0.5, 0.6) is 0 Å². The lowest BCUT2D eigenvalue weighted by Crippen LogP contribution is -1.97. The van der Waals surface area contributed by atoms with Gasteiger partial charge in [0.05, 0.1) is 0 Å². The van der Waals surface area contributed by atoms with E-state index >= 15 is 0 Å². The zero-order valence-electron chi connectivity index (χ0n) is 8.99. The number of benzene rings is 1. The van der Waals surface area contributed by atoms with Gasteiger partial charge in [0.25, 0.3) is 0 Å². The third-order valence-electron chi connectivity index (χ3n) is 2.35. The van der Waals surface area contributed by atoms with Gasteiger partial charge in [-0.1, -0.05) is 26.0 Å². The van der Waals surface area contributed by atoms with Crippen molar-refractivity contribution in [3.63, 3.8) is 0 Å². The van der Waals surface area contributed by atoms with Crippen molar-refractivity contribution in [2.24, 2.45) is 0 Å². The Kier molecular flexibility index (Phi) is 4.88. The molecule has 78 valence electrons. The summed E-state index contributed by atoms with van der Waals surface area (Å²) in [5, 5.41) is 0.781. The Labute approximate surface area is 91.1 Å². The third-order valence-corrected chi connectivity index (χ3v) is 3.69. The number of hydrogen-bond acceptors (Lipinski definition) is 2. The van der Waals surface area contributed by atoms with E-state index < -0.39 is 0 Å². The SMILES string of the molecule is CCC(C)SCCc1ccc(N)cc1. The molecule has 2 heteroatoms. The first-order chi connectivity index (χ1) is 6.72. The predicted molar refractivity (Wildman–Crippen MR) is 66.8 cm³/mol. The molecule has 0 aliphatic rings. The summed E-state index contributed by atoms with van der Waals surface area (Å²) >= 11 is 2.04. The molecule has 1 aromatic rings. The second-order valence-electron chi connectivity index (χ2n) is 3.58. The Morgan fingerprint density at radius 3 is 2.50 bits per heavy atom. The van der Waals surface area contributed by atoms with Crippen LogP contribution in [0.3, 0.4) is 0 Å². The molecule has 0 aromatic heterocycles. The quantitative estimate of drug-likeness (QED) is 0.753. The van der Waals surface area contributed by atoms with Crippen LogP contribution in [-0.2, 0) is 6.42 Å². The summed E-state index contributed by atoms with van der Waals surface area (Å²) in [7, 11) is 0. The van der Waals surface area contributed by atoms with Crippen molar-refractivity contribution in [2.45, 2.75) is 31.9 Å². The molecule has 0 radical (unpaired) electrons. The molecular formula is C12H19NS. The average molecular weight is 209 g/mol. The van der Waals surface area contributed by atoms with Crippen LogP contribution < -0.4 is 5.73 Å². The number of nitrogen functional groups attached to an aromatic ring is 1. The van der Waals surface area contributed by atoms with Crippen molar-refractivity contribution >= 4 is 17.4 Å². The monoisotopic (exact) mass is 209 g/mol. The van der Waals surface area contributed by atoms with Gasteiger partial charge in [0.1, 0.15) is 0 Å². The molecule has 1 nitrogen and oxygen atoms in total. The lowest BCUT2D eigenvalue weighted by molar-refractivity contribution is 0.903. The molecular weight excluding hydrogens is 190 g/mol. The van der Waals surface area contributed by atoms with Gasteiger partial charge in [0.2, 0.25) is 0 Å². The zero-order chi connectivity index (χ0) is 10.4. The highest BCUT2D eigenvalue weighted by atomic mass is 32.2. The summed E-state index contributed by atoms with van der Waals surface area (Å²) in [5.41, 5.74) is 7.85. The van der Waals surface area contributed by atoms with Crippen LogP contribution in [0.2, 0.25) is 0 Å². The number of nitrogens with two attached hydrogens (primary N) is 1. The number of rotatable bonds is 5. The van der Waals surface area contributed by atoms with Gasteiger partial charge in [-0.05, 0) is 36.3 Å². The fraction of sp³-hybridized carbons (Fsp3) is 0.500. The molecule has 0 aliphatic heterocycles. The Morgan fingerprint density at radius 1 is 1.29 bits per heavy atom. The summed E-state index contributed by atoms with van der Waals surface area (Å²) in [6.07, 6.45) is 2.40. The molecule has 0 saturated heterocycles. The molecule has 0 aliphatic carbocycles. The van der Waals surface area contributed by atoms with Crippen molar-refractivity contribution in [1.82, 2.24) is 0 Å². The van der Waals surface area contributed by atoms with Crippen LogP contribution in [0.4, 0.5) is 5.69 Å². The van der Waals surface area contributed by atoms with Crippen LogP contribution in [-0.4, -0.2) is 11.0 Å². The Hall–Kier alpha value is -0.630. The van der Waals surface area contributed by atoms with E-state index in [0.29, 0.717) is 0 Å². The summed E-state index contributed by atoms with van der Waals surface area (Å²) < 4.78 is 0. The Morgan fingerprint density at radius 2 is 1.93 bits per heavy atom. The minimum atomic E-state index is 0.781. The summed E-state index contributed by atoms with van der Waals surface area (Å²) in [6.45, 7) is 4.52. The van der Waals surface area contributed by atoms with E-state index in [4.69, 9.17) is 5.73 Å². The predicted octanol–water partition coefficient (Wildman–Crippen LogP) is 3.34. The fourth-order valence-corrected chi connectivity index (χ4v) is 2.17. The number of aryl methyl sites for hydroxylation is 1. The molecule has 0 heterocycles. The lowest BCUT2D eigenvalue weighted by atomic mass is 10.2. The smallest absolute Gasteiger partial charge is 0.0314 e. The van der Waals surface area contributed by atoms with Gasteiger partial charge in [-0.2, -0.15) is 11.8 Å². The van der Waals surface area contributed by atoms with E-state index in [2.05, 4.69) is 26.0 Å². The average Bonchev–Trinajstić information content (AvgIpc) is 2.21. The van der Waals surface area contributed by atoms with Crippen LogP contribution in [0, 0.1) is 0 Å². The van der Waals surface area contributed by atoms with Gasteiger partial charge in [0, 0.05) is 10.9 Å². The minimum absolute atomic E-state index is 0.781. The maximum absolute atomic E-state index is 5.62. The molecule has 1 aromatic carbocycles. The van der Waals surface area contributed by atoms with E-state index in [0.717, 1.165) is 17.4 Å². The minimum Gasteiger partial charge on any atom is -0.399 e. The van der Waals surface area contributed by atoms with E-state index in [1.807, 2.05) is 23.9 Å². The van der Waals surface area contributed by atoms with E-state index in [9.17, 15) is 0 Å². The van der Waals surface area contributed by atoms with Crippen LogP contribution in [0.25, 0.3) is 0 Å². The van der Waals surface area contributed by atoms with Crippen LogP contribution in [0.1, 0.15) is 25.8 Å². The molecule has 0 spiro atoms. The summed E-state index contributed by atoms with van der Waals surface area (Å²) in [5.74, 6) is 1.21. The van der Waals surface area contributed by atoms with Crippen molar-refractivity contribution in [2.75, 3.05) is 11.5 Å². The first-order valence-corrected chi connectivity index (χ1v) is 6.23. The maximum Gasteiger partial charge on any atom is 0.0314 e. The van der Waals surface area contributed by atoms with Crippen LogP contribution in [0.15, 0.2) is 24.3 Å². The molecule has 1 atom stereocenters. The Bertz CT molecular complexity index is 256.